The number of ether oxygens (including phenoxy) is 1. The lowest BCUT2D eigenvalue weighted by atomic mass is 9.87. The lowest BCUT2D eigenvalue weighted by Crippen LogP contribution is -2.77. The molecule has 40 heavy (non-hydrogen) atoms. The number of rotatable bonds is 10. The minimum atomic E-state index is -9.24. The molecule has 0 aromatic heterocycles. The van der Waals surface area contributed by atoms with Gasteiger partial charge in [0.25, 0.3) is 0 Å². The first-order chi connectivity index (χ1) is 17.1. The molecule has 0 bridgehead atoms. The zero-order valence-corrected chi connectivity index (χ0v) is 17.7. The monoisotopic (exact) mass is 642 g/mol. The molecular formula is C16H7F21N2O. The normalized spacial score (nSPS) is 15.8. The van der Waals surface area contributed by atoms with E-state index >= 15 is 0 Å². The van der Waals surface area contributed by atoms with E-state index < -0.39 is 76.8 Å². The average Bonchev–Trinajstić information content (AvgIpc) is 2.74. The summed E-state index contributed by atoms with van der Waals surface area (Å²) < 4.78 is 282. The number of benzene rings is 1. The summed E-state index contributed by atoms with van der Waals surface area (Å²) in [6.07, 6.45) is -15.3. The molecule has 1 rings (SSSR count). The van der Waals surface area contributed by atoms with E-state index in [0.717, 1.165) is 0 Å². The van der Waals surface area contributed by atoms with Gasteiger partial charge in [0.15, 0.2) is 5.75 Å². The van der Waals surface area contributed by atoms with E-state index in [1.807, 2.05) is 0 Å². The van der Waals surface area contributed by atoms with Gasteiger partial charge >= 0.3 is 59.7 Å². The van der Waals surface area contributed by atoms with Gasteiger partial charge in [-0.05, 0) is 12.1 Å². The largest absolute Gasteiger partial charge is 0.471 e. The van der Waals surface area contributed by atoms with Crippen LogP contribution in [0.2, 0.25) is 0 Å². The lowest BCUT2D eigenvalue weighted by Gasteiger charge is -2.44. The van der Waals surface area contributed by atoms with Crippen LogP contribution in [0.25, 0.3) is 0 Å². The number of nitrogen functional groups attached to an aromatic ring is 2. The standard InChI is InChI=1S/C16H7F21N2O/c17-7(18,9(21,22)11(25,26)13(29,30)15(33,34)35)8(19,20)10(23,24)12(27,28)14(31,32)16(36,37)40-6-3-4(38)1-2-5(6)39/h1-3H,38-39H2. The molecule has 1 aromatic rings. The Hall–Kier alpha value is -2.85. The first-order valence-electron chi connectivity index (χ1n) is 8.94. The smallest absolute Gasteiger partial charge is 0.426 e. The van der Waals surface area contributed by atoms with E-state index in [1.165, 1.54) is 0 Å². The highest BCUT2D eigenvalue weighted by molar-refractivity contribution is 5.59. The summed E-state index contributed by atoms with van der Waals surface area (Å²) >= 11 is 0. The molecule has 0 radical (unpaired) electrons. The Morgan fingerprint density at radius 2 is 0.725 bits per heavy atom. The highest BCUT2D eigenvalue weighted by Crippen LogP contribution is 2.66. The topological polar surface area (TPSA) is 61.3 Å². The Bertz CT molecular complexity index is 1090. The molecule has 24 heteroatoms. The van der Waals surface area contributed by atoms with Crippen LogP contribution < -0.4 is 16.2 Å². The van der Waals surface area contributed by atoms with Gasteiger partial charge < -0.3 is 16.2 Å². The first-order valence-corrected chi connectivity index (χ1v) is 8.94. The van der Waals surface area contributed by atoms with Gasteiger partial charge in [0.05, 0.1) is 5.69 Å². The van der Waals surface area contributed by atoms with Gasteiger partial charge in [-0.25, -0.2) is 0 Å². The SMILES string of the molecule is Nc1ccc(N)c(OC(F)(F)C(F)(F)C(F)(F)C(F)(F)C(F)(F)C(F)(F)C(F)(F)C(F)(F)C(F)(F)C(F)(F)F)c1. The molecular weight excluding hydrogens is 635 g/mol. The quantitative estimate of drug-likeness (QED) is 0.206. The molecule has 0 saturated carbocycles. The summed E-state index contributed by atoms with van der Waals surface area (Å²) in [5, 5.41) is 0. The second-order valence-corrected chi connectivity index (χ2v) is 7.51. The van der Waals surface area contributed by atoms with Crippen molar-refractivity contribution in [3.63, 3.8) is 0 Å². The van der Waals surface area contributed by atoms with Crippen molar-refractivity contribution in [2.45, 2.75) is 59.7 Å². The van der Waals surface area contributed by atoms with Crippen LogP contribution in [0.1, 0.15) is 0 Å². The fourth-order valence-corrected chi connectivity index (χ4v) is 2.39. The van der Waals surface area contributed by atoms with Crippen molar-refractivity contribution in [3.05, 3.63) is 18.2 Å². The molecule has 234 valence electrons. The third kappa shape index (κ3) is 4.43. The molecule has 3 nitrogen and oxygen atoms in total. The number of hydrogen-bond donors (Lipinski definition) is 2. The Morgan fingerprint density at radius 3 is 1.05 bits per heavy atom. The minimum Gasteiger partial charge on any atom is -0.426 e. The summed E-state index contributed by atoms with van der Waals surface area (Å²) in [4.78, 5) is 0. The highest BCUT2D eigenvalue weighted by atomic mass is 19.4. The Kier molecular flexibility index (Phi) is 7.98. The molecule has 0 fully saturated rings. The van der Waals surface area contributed by atoms with Gasteiger partial charge in [-0.1, -0.05) is 0 Å². The van der Waals surface area contributed by atoms with E-state index in [9.17, 15) is 92.2 Å². The number of nitrogens with two attached hydrogens (primary N) is 2. The van der Waals surface area contributed by atoms with Crippen LogP contribution in [0, 0.1) is 0 Å². The van der Waals surface area contributed by atoms with Crippen LogP contribution in [-0.4, -0.2) is 59.7 Å². The molecule has 0 atom stereocenters. The van der Waals surface area contributed by atoms with E-state index in [2.05, 4.69) is 4.74 Å². The summed E-state index contributed by atoms with van der Waals surface area (Å²) in [5.74, 6) is -73.0. The third-order valence-corrected chi connectivity index (χ3v) is 4.76. The molecule has 1 aromatic carbocycles. The zero-order chi connectivity index (χ0) is 32.6. The number of alkyl halides is 21. The maximum Gasteiger partial charge on any atom is 0.471 e. The van der Waals surface area contributed by atoms with E-state index in [1.54, 1.807) is 0 Å². The Morgan fingerprint density at radius 1 is 0.425 bits per heavy atom. The summed E-state index contributed by atoms with van der Waals surface area (Å²) in [6.45, 7) is 0. The zero-order valence-electron chi connectivity index (χ0n) is 17.7. The van der Waals surface area contributed by atoms with Crippen LogP contribution in [0.4, 0.5) is 104 Å². The Balaban J connectivity index is 3.76. The van der Waals surface area contributed by atoms with Crippen LogP contribution in [-0.2, 0) is 0 Å². The van der Waals surface area contributed by atoms with E-state index in [4.69, 9.17) is 11.5 Å². The van der Waals surface area contributed by atoms with Crippen LogP contribution >= 0.6 is 0 Å². The maximum absolute atomic E-state index is 13.8. The van der Waals surface area contributed by atoms with E-state index in [0.29, 0.717) is 12.1 Å². The van der Waals surface area contributed by atoms with Crippen LogP contribution in [0.3, 0.4) is 0 Å². The maximum atomic E-state index is 13.8. The minimum absolute atomic E-state index is 0.0121. The van der Waals surface area contributed by atoms with E-state index in [-0.39, 0.29) is 6.07 Å². The van der Waals surface area contributed by atoms with Crippen molar-refractivity contribution < 1.29 is 96.9 Å². The van der Waals surface area contributed by atoms with Crippen molar-refractivity contribution >= 4 is 11.4 Å². The first kappa shape index (κ1) is 35.2. The van der Waals surface area contributed by atoms with Crippen molar-refractivity contribution in [3.8, 4) is 5.75 Å². The molecule has 0 aliphatic heterocycles. The third-order valence-electron chi connectivity index (χ3n) is 4.76. The average molecular weight is 642 g/mol. The molecule has 0 aliphatic rings. The predicted octanol–water partition coefficient (Wildman–Crippen LogP) is 7.47. The number of halogens is 21. The fourth-order valence-electron chi connectivity index (χ4n) is 2.39. The molecule has 0 spiro atoms. The molecule has 4 N–H and O–H groups in total. The lowest BCUT2D eigenvalue weighted by molar-refractivity contribution is -0.480. The van der Waals surface area contributed by atoms with Gasteiger partial charge in [0, 0.05) is 11.8 Å². The van der Waals surface area contributed by atoms with Crippen LogP contribution in [0.15, 0.2) is 18.2 Å². The summed E-state index contributed by atoms with van der Waals surface area (Å²) in [5.41, 5.74) is 7.86. The fraction of sp³-hybridized carbons (Fsp3) is 0.625. The van der Waals surface area contributed by atoms with Crippen LogP contribution in [0.5, 0.6) is 5.75 Å². The van der Waals surface area contributed by atoms with Gasteiger partial charge in [-0.15, -0.1) is 0 Å². The molecule has 0 aliphatic carbocycles. The number of anilines is 2. The van der Waals surface area contributed by atoms with Crippen molar-refractivity contribution in [1.82, 2.24) is 0 Å². The summed E-state index contributed by atoms with van der Waals surface area (Å²) in [6, 6.07) is 1.07. The van der Waals surface area contributed by atoms with Gasteiger partial charge in [0.1, 0.15) is 0 Å². The van der Waals surface area contributed by atoms with Gasteiger partial charge in [-0.2, -0.15) is 92.2 Å². The predicted molar refractivity (Wildman–Crippen MR) is 86.5 cm³/mol. The summed E-state index contributed by atoms with van der Waals surface area (Å²) in [7, 11) is 0. The van der Waals surface area contributed by atoms with Gasteiger partial charge in [0.2, 0.25) is 0 Å². The highest BCUT2D eigenvalue weighted by Gasteiger charge is 2.98. The second kappa shape index (κ2) is 9.08. The van der Waals surface area contributed by atoms with Crippen molar-refractivity contribution in [1.29, 1.82) is 0 Å². The molecule has 0 heterocycles. The molecule has 0 amide bonds. The second-order valence-electron chi connectivity index (χ2n) is 7.51. The Labute approximate surface area is 204 Å². The van der Waals surface area contributed by atoms with Gasteiger partial charge in [-0.3, -0.25) is 0 Å². The molecule has 0 unspecified atom stereocenters. The number of hydrogen-bond acceptors (Lipinski definition) is 3. The van der Waals surface area contributed by atoms with Crippen molar-refractivity contribution in [2.24, 2.45) is 0 Å². The van der Waals surface area contributed by atoms with Crippen molar-refractivity contribution in [2.75, 3.05) is 11.5 Å². The molecule has 0 saturated heterocycles.